The molecular formula is C19H27N3O3. The molecule has 2 fully saturated rings. The predicted octanol–water partition coefficient (Wildman–Crippen LogP) is 2.86. The van der Waals surface area contributed by atoms with E-state index in [1.807, 2.05) is 23.0 Å². The van der Waals surface area contributed by atoms with Gasteiger partial charge >= 0.3 is 0 Å². The third kappa shape index (κ3) is 4.14. The lowest BCUT2D eigenvalue weighted by Gasteiger charge is -2.33. The molecule has 4 rings (SSSR count). The second kappa shape index (κ2) is 8.17. The summed E-state index contributed by atoms with van der Waals surface area (Å²) in [6, 6.07) is 6.19. The van der Waals surface area contributed by atoms with E-state index in [4.69, 9.17) is 14.2 Å². The van der Waals surface area contributed by atoms with Crippen LogP contribution in [0.25, 0.3) is 5.52 Å². The molecule has 2 saturated heterocycles. The Morgan fingerprint density at radius 3 is 2.80 bits per heavy atom. The highest BCUT2D eigenvalue weighted by Crippen LogP contribution is 2.25. The van der Waals surface area contributed by atoms with Crippen molar-refractivity contribution in [2.45, 2.75) is 44.5 Å². The van der Waals surface area contributed by atoms with Gasteiger partial charge in [0.2, 0.25) is 0 Å². The number of piperidine rings is 1. The van der Waals surface area contributed by atoms with Gasteiger partial charge in [0.1, 0.15) is 0 Å². The van der Waals surface area contributed by atoms with E-state index in [2.05, 4.69) is 22.1 Å². The van der Waals surface area contributed by atoms with Crippen LogP contribution < -0.4 is 4.90 Å². The molecule has 0 saturated carbocycles. The minimum absolute atomic E-state index is 0.0187. The van der Waals surface area contributed by atoms with Gasteiger partial charge in [-0.2, -0.15) is 5.10 Å². The molecule has 0 amide bonds. The topological polar surface area (TPSA) is 48.2 Å². The minimum atomic E-state index is -0.0187. The maximum atomic E-state index is 6.00. The summed E-state index contributed by atoms with van der Waals surface area (Å²) in [6.07, 6.45) is 9.73. The Kier molecular flexibility index (Phi) is 5.49. The molecule has 0 N–H and O–H groups in total. The van der Waals surface area contributed by atoms with Gasteiger partial charge in [-0.05, 0) is 44.2 Å². The Morgan fingerprint density at radius 2 is 1.96 bits per heavy atom. The third-order valence-electron chi connectivity index (χ3n) is 5.07. The summed E-state index contributed by atoms with van der Waals surface area (Å²) in [6.45, 7) is 4.12. The van der Waals surface area contributed by atoms with Gasteiger partial charge in [0.05, 0.1) is 36.7 Å². The molecule has 2 aromatic rings. The SMILES string of the molecule is c1ccn2ncc(N3CCC(OCCOC4CCCCO4)CC3)c2c1. The molecule has 2 aliphatic rings. The molecule has 0 bridgehead atoms. The van der Waals surface area contributed by atoms with Gasteiger partial charge in [-0.1, -0.05) is 6.07 Å². The largest absolute Gasteiger partial charge is 0.376 e. The molecular weight excluding hydrogens is 318 g/mol. The second-order valence-corrected chi connectivity index (χ2v) is 6.78. The zero-order valence-electron chi connectivity index (χ0n) is 14.7. The van der Waals surface area contributed by atoms with Crippen LogP contribution >= 0.6 is 0 Å². The number of nitrogens with zero attached hydrogens (tertiary/aromatic N) is 3. The van der Waals surface area contributed by atoms with Crippen molar-refractivity contribution < 1.29 is 14.2 Å². The van der Waals surface area contributed by atoms with E-state index in [9.17, 15) is 0 Å². The summed E-state index contributed by atoms with van der Waals surface area (Å²) >= 11 is 0. The van der Waals surface area contributed by atoms with Gasteiger partial charge in [0, 0.05) is 25.9 Å². The van der Waals surface area contributed by atoms with Crippen LogP contribution in [0, 0.1) is 0 Å². The number of hydrogen-bond donors (Lipinski definition) is 0. The molecule has 25 heavy (non-hydrogen) atoms. The van der Waals surface area contributed by atoms with Crippen LogP contribution in [0.1, 0.15) is 32.1 Å². The highest BCUT2D eigenvalue weighted by Gasteiger charge is 2.22. The lowest BCUT2D eigenvalue weighted by molar-refractivity contribution is -0.171. The van der Waals surface area contributed by atoms with Gasteiger partial charge in [0.15, 0.2) is 6.29 Å². The lowest BCUT2D eigenvalue weighted by Crippen LogP contribution is -2.37. The summed E-state index contributed by atoms with van der Waals surface area (Å²) < 4.78 is 19.2. The molecule has 4 heterocycles. The molecule has 2 aliphatic heterocycles. The Balaban J connectivity index is 1.19. The van der Waals surface area contributed by atoms with Crippen molar-refractivity contribution in [2.75, 3.05) is 37.8 Å². The number of hydrogen-bond acceptors (Lipinski definition) is 5. The van der Waals surface area contributed by atoms with E-state index in [0.29, 0.717) is 19.3 Å². The summed E-state index contributed by atoms with van der Waals surface area (Å²) in [5.74, 6) is 0. The quantitative estimate of drug-likeness (QED) is 0.754. The van der Waals surface area contributed by atoms with Gasteiger partial charge in [-0.3, -0.25) is 0 Å². The lowest BCUT2D eigenvalue weighted by atomic mass is 10.1. The normalized spacial score (nSPS) is 22.6. The van der Waals surface area contributed by atoms with Crippen LogP contribution in [0.15, 0.2) is 30.6 Å². The molecule has 136 valence electrons. The zero-order valence-corrected chi connectivity index (χ0v) is 14.7. The minimum Gasteiger partial charge on any atom is -0.376 e. The molecule has 1 atom stereocenters. The van der Waals surface area contributed by atoms with Crippen LogP contribution in [0.3, 0.4) is 0 Å². The highest BCUT2D eigenvalue weighted by atomic mass is 16.7. The van der Waals surface area contributed by atoms with E-state index in [-0.39, 0.29) is 6.29 Å². The number of rotatable bonds is 6. The number of fused-ring (bicyclic) bond motifs is 1. The summed E-state index contributed by atoms with van der Waals surface area (Å²) in [5.41, 5.74) is 2.39. The smallest absolute Gasteiger partial charge is 0.157 e. The fourth-order valence-corrected chi connectivity index (χ4v) is 3.67. The maximum absolute atomic E-state index is 6.00. The third-order valence-corrected chi connectivity index (χ3v) is 5.07. The Morgan fingerprint density at radius 1 is 1.08 bits per heavy atom. The summed E-state index contributed by atoms with van der Waals surface area (Å²) in [5, 5.41) is 4.43. The molecule has 0 spiro atoms. The monoisotopic (exact) mass is 345 g/mol. The first-order valence-electron chi connectivity index (χ1n) is 9.42. The first-order valence-corrected chi connectivity index (χ1v) is 9.42. The molecule has 0 aliphatic carbocycles. The number of aromatic nitrogens is 2. The molecule has 6 nitrogen and oxygen atoms in total. The van der Waals surface area contributed by atoms with E-state index < -0.39 is 0 Å². The average Bonchev–Trinajstić information content (AvgIpc) is 3.11. The average molecular weight is 345 g/mol. The van der Waals surface area contributed by atoms with Crippen LogP contribution in [0.2, 0.25) is 0 Å². The second-order valence-electron chi connectivity index (χ2n) is 6.78. The van der Waals surface area contributed by atoms with Gasteiger partial charge in [-0.25, -0.2) is 4.52 Å². The fourth-order valence-electron chi connectivity index (χ4n) is 3.67. The van der Waals surface area contributed by atoms with E-state index >= 15 is 0 Å². The fraction of sp³-hybridized carbons (Fsp3) is 0.632. The number of anilines is 1. The zero-order chi connectivity index (χ0) is 16.9. The van der Waals surface area contributed by atoms with Crippen molar-refractivity contribution in [1.82, 2.24) is 9.61 Å². The van der Waals surface area contributed by atoms with Crippen molar-refractivity contribution in [3.05, 3.63) is 30.6 Å². The van der Waals surface area contributed by atoms with E-state index in [0.717, 1.165) is 45.4 Å². The van der Waals surface area contributed by atoms with Gasteiger partial charge < -0.3 is 19.1 Å². The standard InChI is InChI=1S/C19H27N3O3/c1-3-9-22-17(5-1)18(15-20-22)21-10-7-16(8-11-21)23-13-14-25-19-6-2-4-12-24-19/h1,3,5,9,15-16,19H,2,4,6-8,10-14H2. The van der Waals surface area contributed by atoms with Crippen molar-refractivity contribution >= 4 is 11.2 Å². The van der Waals surface area contributed by atoms with Crippen molar-refractivity contribution in [3.63, 3.8) is 0 Å². The molecule has 6 heteroatoms. The first kappa shape index (κ1) is 16.8. The summed E-state index contributed by atoms with van der Waals surface area (Å²) in [7, 11) is 0. The Labute approximate surface area is 148 Å². The van der Waals surface area contributed by atoms with Crippen LogP contribution in [0.5, 0.6) is 0 Å². The Bertz CT molecular complexity index is 661. The Hall–Kier alpha value is -1.63. The van der Waals surface area contributed by atoms with Crippen molar-refractivity contribution in [2.24, 2.45) is 0 Å². The predicted molar refractivity (Wildman–Crippen MR) is 95.9 cm³/mol. The van der Waals surface area contributed by atoms with Crippen LogP contribution in [-0.2, 0) is 14.2 Å². The summed E-state index contributed by atoms with van der Waals surface area (Å²) in [4.78, 5) is 2.41. The van der Waals surface area contributed by atoms with Gasteiger partial charge in [-0.15, -0.1) is 0 Å². The highest BCUT2D eigenvalue weighted by molar-refractivity contribution is 5.72. The van der Waals surface area contributed by atoms with Crippen molar-refractivity contribution in [3.8, 4) is 0 Å². The van der Waals surface area contributed by atoms with Crippen LogP contribution in [0.4, 0.5) is 5.69 Å². The number of ether oxygens (including phenoxy) is 3. The van der Waals surface area contributed by atoms with E-state index in [1.165, 1.54) is 17.6 Å². The van der Waals surface area contributed by atoms with E-state index in [1.54, 1.807) is 0 Å². The van der Waals surface area contributed by atoms with Crippen LogP contribution in [-0.4, -0.2) is 54.9 Å². The molecule has 0 radical (unpaired) electrons. The first-order chi connectivity index (χ1) is 12.4. The molecule has 0 aromatic carbocycles. The maximum Gasteiger partial charge on any atom is 0.157 e. The molecule has 2 aromatic heterocycles. The molecule has 1 unspecified atom stereocenters. The number of pyridine rings is 1. The van der Waals surface area contributed by atoms with Crippen molar-refractivity contribution in [1.29, 1.82) is 0 Å². The van der Waals surface area contributed by atoms with Gasteiger partial charge in [0.25, 0.3) is 0 Å².